The molecule has 0 saturated carbocycles. The molecular weight excluding hydrogens is 212 g/mol. The van der Waals surface area contributed by atoms with Crippen molar-refractivity contribution in [1.82, 2.24) is 4.90 Å². The second-order valence-electron chi connectivity index (χ2n) is 3.79. The molecule has 0 aliphatic carbocycles. The Bertz CT molecular complexity index is 400. The van der Waals surface area contributed by atoms with Crippen LogP contribution in [0.1, 0.15) is 12.8 Å². The molecule has 16 heavy (non-hydrogen) atoms. The van der Waals surface area contributed by atoms with E-state index in [1.54, 1.807) is 0 Å². The van der Waals surface area contributed by atoms with Gasteiger partial charge in [0.25, 0.3) is 0 Å². The summed E-state index contributed by atoms with van der Waals surface area (Å²) in [7, 11) is 0. The van der Waals surface area contributed by atoms with Gasteiger partial charge in [-0.1, -0.05) is 0 Å². The summed E-state index contributed by atoms with van der Waals surface area (Å²) in [5, 5.41) is 10.3. The molecule has 0 radical (unpaired) electrons. The minimum atomic E-state index is -0.551. The van der Waals surface area contributed by atoms with E-state index in [0.29, 0.717) is 0 Å². The van der Waals surface area contributed by atoms with Crippen molar-refractivity contribution in [3.05, 3.63) is 29.8 Å². The molecule has 1 aromatic carbocycles. The fourth-order valence-electron chi connectivity index (χ4n) is 1.74. The third kappa shape index (κ3) is 2.29. The van der Waals surface area contributed by atoms with Gasteiger partial charge in [0.1, 0.15) is 11.6 Å². The molecule has 1 aromatic rings. The van der Waals surface area contributed by atoms with Gasteiger partial charge in [-0.3, -0.25) is 5.41 Å². The van der Waals surface area contributed by atoms with E-state index in [1.165, 1.54) is 0 Å². The number of halogens is 2. The van der Waals surface area contributed by atoms with Gasteiger partial charge >= 0.3 is 0 Å². The van der Waals surface area contributed by atoms with E-state index < -0.39 is 11.6 Å². The van der Waals surface area contributed by atoms with Gasteiger partial charge in [-0.25, -0.2) is 8.78 Å². The maximum atomic E-state index is 13.3. The van der Waals surface area contributed by atoms with Crippen molar-refractivity contribution in [2.75, 3.05) is 18.4 Å². The van der Waals surface area contributed by atoms with Crippen LogP contribution in [0.2, 0.25) is 0 Å². The first-order valence-electron chi connectivity index (χ1n) is 5.22. The number of guanidine groups is 1. The van der Waals surface area contributed by atoms with Crippen LogP contribution >= 0.6 is 0 Å². The van der Waals surface area contributed by atoms with E-state index in [2.05, 4.69) is 5.32 Å². The topological polar surface area (TPSA) is 39.1 Å². The average molecular weight is 225 g/mol. The van der Waals surface area contributed by atoms with Crippen LogP contribution in [-0.4, -0.2) is 23.9 Å². The predicted molar refractivity (Wildman–Crippen MR) is 58.5 cm³/mol. The number of nitrogens with zero attached hydrogens (tertiary/aromatic N) is 1. The molecule has 1 fully saturated rings. The molecule has 0 bridgehead atoms. The molecule has 3 nitrogen and oxygen atoms in total. The van der Waals surface area contributed by atoms with Crippen molar-refractivity contribution in [3.8, 4) is 0 Å². The minimum Gasteiger partial charge on any atom is -0.343 e. The lowest BCUT2D eigenvalue weighted by Crippen LogP contribution is -2.33. The number of rotatable bonds is 1. The van der Waals surface area contributed by atoms with E-state index in [4.69, 9.17) is 5.41 Å². The predicted octanol–water partition coefficient (Wildman–Crippen LogP) is 2.41. The largest absolute Gasteiger partial charge is 0.343 e. The Morgan fingerprint density at radius 3 is 2.62 bits per heavy atom. The van der Waals surface area contributed by atoms with Crippen molar-refractivity contribution in [3.63, 3.8) is 0 Å². The first-order chi connectivity index (χ1) is 7.66. The zero-order valence-corrected chi connectivity index (χ0v) is 8.76. The van der Waals surface area contributed by atoms with Gasteiger partial charge in [-0.2, -0.15) is 0 Å². The molecule has 2 rings (SSSR count). The number of hydrogen-bond acceptors (Lipinski definition) is 1. The van der Waals surface area contributed by atoms with Gasteiger partial charge in [0, 0.05) is 19.2 Å². The van der Waals surface area contributed by atoms with Crippen LogP contribution in [0.5, 0.6) is 0 Å². The molecule has 0 atom stereocenters. The van der Waals surface area contributed by atoms with Crippen LogP contribution in [0.4, 0.5) is 14.5 Å². The molecule has 5 heteroatoms. The highest BCUT2D eigenvalue weighted by Crippen LogP contribution is 2.16. The second kappa shape index (κ2) is 4.47. The average Bonchev–Trinajstić information content (AvgIpc) is 2.76. The highest BCUT2D eigenvalue weighted by molar-refractivity contribution is 5.91. The summed E-state index contributed by atoms with van der Waals surface area (Å²) in [6, 6.07) is 3.16. The molecule has 1 aliphatic heterocycles. The standard InChI is InChI=1S/C11H13F2N3/c12-8-3-4-9(13)10(7-8)15-11(14)16-5-1-2-6-16/h3-4,7H,1-2,5-6H2,(H2,14,15). The zero-order chi connectivity index (χ0) is 11.5. The quantitative estimate of drug-likeness (QED) is 0.569. The van der Waals surface area contributed by atoms with Gasteiger partial charge in [0.05, 0.1) is 5.69 Å². The number of hydrogen-bond donors (Lipinski definition) is 2. The summed E-state index contributed by atoms with van der Waals surface area (Å²) < 4.78 is 26.2. The Morgan fingerprint density at radius 1 is 1.25 bits per heavy atom. The van der Waals surface area contributed by atoms with Gasteiger partial charge in [0.2, 0.25) is 0 Å². The van der Waals surface area contributed by atoms with Crippen molar-refractivity contribution in [1.29, 1.82) is 5.41 Å². The number of likely N-dealkylation sites (tertiary alicyclic amines) is 1. The Balaban J connectivity index is 2.07. The summed E-state index contributed by atoms with van der Waals surface area (Å²) in [5.41, 5.74) is 0.0110. The van der Waals surface area contributed by atoms with Gasteiger partial charge in [-0.15, -0.1) is 0 Å². The SMILES string of the molecule is N=C(Nc1cc(F)ccc1F)N1CCCC1. The third-order valence-corrected chi connectivity index (χ3v) is 2.60. The van der Waals surface area contributed by atoms with Crippen molar-refractivity contribution >= 4 is 11.6 Å². The number of anilines is 1. The maximum Gasteiger partial charge on any atom is 0.195 e. The van der Waals surface area contributed by atoms with Gasteiger partial charge in [-0.05, 0) is 25.0 Å². The lowest BCUT2D eigenvalue weighted by Gasteiger charge is -2.19. The molecule has 1 aliphatic rings. The van der Waals surface area contributed by atoms with E-state index in [1.807, 2.05) is 4.90 Å². The first-order valence-corrected chi connectivity index (χ1v) is 5.22. The Morgan fingerprint density at radius 2 is 1.94 bits per heavy atom. The van der Waals surface area contributed by atoms with Crippen LogP contribution in [-0.2, 0) is 0 Å². The normalized spacial score (nSPS) is 15.2. The maximum absolute atomic E-state index is 13.3. The monoisotopic (exact) mass is 225 g/mol. The molecular formula is C11H13F2N3. The Kier molecular flexibility index (Phi) is 3.03. The summed E-state index contributed by atoms with van der Waals surface area (Å²) in [4.78, 5) is 1.81. The smallest absolute Gasteiger partial charge is 0.195 e. The van der Waals surface area contributed by atoms with Crippen molar-refractivity contribution in [2.45, 2.75) is 12.8 Å². The molecule has 0 aromatic heterocycles. The lowest BCUT2D eigenvalue weighted by atomic mass is 10.3. The minimum absolute atomic E-state index is 0.0110. The second-order valence-corrected chi connectivity index (χ2v) is 3.79. The molecule has 0 unspecified atom stereocenters. The van der Waals surface area contributed by atoms with E-state index in [-0.39, 0.29) is 11.6 Å². The Hall–Kier alpha value is -1.65. The van der Waals surface area contributed by atoms with Crippen molar-refractivity contribution in [2.24, 2.45) is 0 Å². The lowest BCUT2D eigenvalue weighted by molar-refractivity contribution is 0.513. The van der Waals surface area contributed by atoms with E-state index >= 15 is 0 Å². The summed E-state index contributed by atoms with van der Waals surface area (Å²) >= 11 is 0. The molecule has 1 heterocycles. The van der Waals surface area contributed by atoms with Crippen LogP contribution in [0.3, 0.4) is 0 Å². The van der Waals surface area contributed by atoms with Crippen LogP contribution in [0.15, 0.2) is 18.2 Å². The Labute approximate surface area is 92.6 Å². The molecule has 86 valence electrons. The molecule has 1 saturated heterocycles. The van der Waals surface area contributed by atoms with Crippen LogP contribution in [0, 0.1) is 17.0 Å². The van der Waals surface area contributed by atoms with Crippen molar-refractivity contribution < 1.29 is 8.78 Å². The van der Waals surface area contributed by atoms with Crippen LogP contribution < -0.4 is 5.32 Å². The third-order valence-electron chi connectivity index (χ3n) is 2.60. The zero-order valence-electron chi connectivity index (χ0n) is 8.76. The first kappa shape index (κ1) is 10.9. The van der Waals surface area contributed by atoms with E-state index in [0.717, 1.165) is 44.1 Å². The molecule has 2 N–H and O–H groups in total. The highest BCUT2D eigenvalue weighted by Gasteiger charge is 2.16. The summed E-state index contributed by atoms with van der Waals surface area (Å²) in [6.07, 6.45) is 2.07. The van der Waals surface area contributed by atoms with Crippen LogP contribution in [0.25, 0.3) is 0 Å². The summed E-state index contributed by atoms with van der Waals surface area (Å²) in [6.45, 7) is 1.59. The fourth-order valence-corrected chi connectivity index (χ4v) is 1.74. The highest BCUT2D eigenvalue weighted by atomic mass is 19.1. The number of benzene rings is 1. The van der Waals surface area contributed by atoms with Gasteiger partial charge in [0.15, 0.2) is 5.96 Å². The molecule has 0 spiro atoms. The summed E-state index contributed by atoms with van der Waals surface area (Å²) in [5.74, 6) is -0.939. The fraction of sp³-hybridized carbons (Fsp3) is 0.364. The van der Waals surface area contributed by atoms with Gasteiger partial charge < -0.3 is 10.2 Å². The molecule has 0 amide bonds. The number of nitrogens with one attached hydrogen (secondary N) is 2. The van der Waals surface area contributed by atoms with E-state index in [9.17, 15) is 8.78 Å².